The molecule has 0 saturated carbocycles. The van der Waals surface area contributed by atoms with Crippen LogP contribution in [0.1, 0.15) is 50.6 Å². The molecule has 3 nitrogen and oxygen atoms in total. The zero-order valence-electron chi connectivity index (χ0n) is 13.6. The molecule has 3 heteroatoms. The monoisotopic (exact) mass is 290 g/mol. The SMILES string of the molecule is CCNC(CN1CCCCCCC1)c1ccccc1OC. The molecule has 1 saturated heterocycles. The lowest BCUT2D eigenvalue weighted by Gasteiger charge is -2.30. The molecule has 1 N–H and O–H groups in total. The first-order valence-corrected chi connectivity index (χ1v) is 8.43. The number of hydrogen-bond donors (Lipinski definition) is 1. The zero-order chi connectivity index (χ0) is 14.9. The maximum Gasteiger partial charge on any atom is 0.123 e. The van der Waals surface area contributed by atoms with Crippen LogP contribution in [-0.2, 0) is 0 Å². The van der Waals surface area contributed by atoms with Crippen molar-refractivity contribution in [2.75, 3.05) is 33.3 Å². The van der Waals surface area contributed by atoms with Crippen LogP contribution in [0.15, 0.2) is 24.3 Å². The van der Waals surface area contributed by atoms with Crippen molar-refractivity contribution in [1.82, 2.24) is 10.2 Å². The van der Waals surface area contributed by atoms with Crippen molar-refractivity contribution in [2.24, 2.45) is 0 Å². The average Bonchev–Trinajstić information content (AvgIpc) is 2.49. The Labute approximate surface area is 129 Å². The Kier molecular flexibility index (Phi) is 7.04. The fraction of sp³-hybridized carbons (Fsp3) is 0.667. The Hall–Kier alpha value is -1.06. The summed E-state index contributed by atoms with van der Waals surface area (Å²) in [5.41, 5.74) is 1.28. The third kappa shape index (κ3) is 5.01. The van der Waals surface area contributed by atoms with E-state index in [0.29, 0.717) is 6.04 Å². The highest BCUT2D eigenvalue weighted by Crippen LogP contribution is 2.26. The van der Waals surface area contributed by atoms with Crippen molar-refractivity contribution < 1.29 is 4.74 Å². The second-order valence-corrected chi connectivity index (χ2v) is 5.92. The van der Waals surface area contributed by atoms with E-state index in [-0.39, 0.29) is 0 Å². The van der Waals surface area contributed by atoms with Gasteiger partial charge in [0.1, 0.15) is 5.75 Å². The summed E-state index contributed by atoms with van der Waals surface area (Å²) in [6.07, 6.45) is 6.86. The van der Waals surface area contributed by atoms with E-state index in [0.717, 1.165) is 18.8 Å². The fourth-order valence-corrected chi connectivity index (χ4v) is 3.23. The van der Waals surface area contributed by atoms with Crippen molar-refractivity contribution in [2.45, 2.75) is 45.1 Å². The van der Waals surface area contributed by atoms with Crippen molar-refractivity contribution in [3.63, 3.8) is 0 Å². The number of benzene rings is 1. The molecular formula is C18H30N2O. The predicted octanol–water partition coefficient (Wildman–Crippen LogP) is 3.61. The third-order valence-electron chi connectivity index (χ3n) is 4.35. The molecule has 0 bridgehead atoms. The number of likely N-dealkylation sites (N-methyl/N-ethyl adjacent to an activating group) is 1. The Balaban J connectivity index is 2.06. The van der Waals surface area contributed by atoms with Gasteiger partial charge in [0.25, 0.3) is 0 Å². The number of para-hydroxylation sites is 1. The Morgan fingerprint density at radius 3 is 2.43 bits per heavy atom. The molecule has 1 fully saturated rings. The summed E-state index contributed by atoms with van der Waals surface area (Å²) in [7, 11) is 1.76. The van der Waals surface area contributed by atoms with E-state index >= 15 is 0 Å². The summed E-state index contributed by atoms with van der Waals surface area (Å²) in [6.45, 7) is 6.70. The van der Waals surface area contributed by atoms with Gasteiger partial charge in [-0.1, -0.05) is 44.4 Å². The van der Waals surface area contributed by atoms with E-state index in [9.17, 15) is 0 Å². The largest absolute Gasteiger partial charge is 0.496 e. The summed E-state index contributed by atoms with van der Waals surface area (Å²) < 4.78 is 5.55. The quantitative estimate of drug-likeness (QED) is 0.866. The van der Waals surface area contributed by atoms with Crippen LogP contribution in [0.5, 0.6) is 5.75 Å². The van der Waals surface area contributed by atoms with E-state index in [2.05, 4.69) is 35.3 Å². The van der Waals surface area contributed by atoms with Crippen LogP contribution >= 0.6 is 0 Å². The summed E-state index contributed by atoms with van der Waals surface area (Å²) in [5.74, 6) is 0.996. The van der Waals surface area contributed by atoms with Gasteiger partial charge >= 0.3 is 0 Å². The molecule has 0 aliphatic carbocycles. The molecule has 1 atom stereocenters. The molecule has 2 rings (SSSR count). The van der Waals surface area contributed by atoms with Gasteiger partial charge < -0.3 is 15.0 Å². The maximum atomic E-state index is 5.55. The minimum absolute atomic E-state index is 0.352. The molecule has 1 aromatic carbocycles. The van der Waals surface area contributed by atoms with E-state index in [1.54, 1.807) is 7.11 Å². The lowest BCUT2D eigenvalue weighted by molar-refractivity contribution is 0.221. The van der Waals surface area contributed by atoms with Gasteiger partial charge in [0.2, 0.25) is 0 Å². The number of likely N-dealkylation sites (tertiary alicyclic amines) is 1. The van der Waals surface area contributed by atoms with Crippen molar-refractivity contribution in [3.05, 3.63) is 29.8 Å². The van der Waals surface area contributed by atoms with Gasteiger partial charge in [-0.15, -0.1) is 0 Å². The molecule has 1 unspecified atom stereocenters. The lowest BCUT2D eigenvalue weighted by Crippen LogP contribution is -2.37. The van der Waals surface area contributed by atoms with Gasteiger partial charge in [0.15, 0.2) is 0 Å². The maximum absolute atomic E-state index is 5.55. The van der Waals surface area contributed by atoms with E-state index in [1.807, 2.05) is 6.07 Å². The van der Waals surface area contributed by atoms with Crippen LogP contribution in [0.2, 0.25) is 0 Å². The number of methoxy groups -OCH3 is 1. The van der Waals surface area contributed by atoms with Crippen LogP contribution in [0.25, 0.3) is 0 Å². The molecule has 118 valence electrons. The Morgan fingerprint density at radius 1 is 1.10 bits per heavy atom. The smallest absolute Gasteiger partial charge is 0.123 e. The Morgan fingerprint density at radius 2 is 1.76 bits per heavy atom. The van der Waals surface area contributed by atoms with Gasteiger partial charge in [-0.3, -0.25) is 0 Å². The Bertz CT molecular complexity index is 400. The molecule has 1 aromatic rings. The second kappa shape index (κ2) is 9.06. The van der Waals surface area contributed by atoms with Gasteiger partial charge in [-0.05, 0) is 38.5 Å². The molecule has 21 heavy (non-hydrogen) atoms. The second-order valence-electron chi connectivity index (χ2n) is 5.92. The normalized spacial score (nSPS) is 18.8. The van der Waals surface area contributed by atoms with Crippen molar-refractivity contribution in [3.8, 4) is 5.75 Å². The summed E-state index contributed by atoms with van der Waals surface area (Å²) in [4.78, 5) is 2.62. The van der Waals surface area contributed by atoms with E-state index in [1.165, 1.54) is 50.8 Å². The topological polar surface area (TPSA) is 24.5 Å². The molecule has 1 aliphatic rings. The number of hydrogen-bond acceptors (Lipinski definition) is 3. The van der Waals surface area contributed by atoms with Crippen LogP contribution in [-0.4, -0.2) is 38.2 Å². The lowest BCUT2D eigenvalue weighted by atomic mass is 10.0. The predicted molar refractivity (Wildman–Crippen MR) is 88.9 cm³/mol. The molecule has 0 spiro atoms. The average molecular weight is 290 g/mol. The summed E-state index contributed by atoms with van der Waals surface area (Å²) in [6, 6.07) is 8.76. The van der Waals surface area contributed by atoms with Crippen LogP contribution < -0.4 is 10.1 Å². The number of ether oxygens (including phenoxy) is 1. The van der Waals surface area contributed by atoms with Gasteiger partial charge in [-0.2, -0.15) is 0 Å². The molecular weight excluding hydrogens is 260 g/mol. The highest BCUT2D eigenvalue weighted by Gasteiger charge is 2.19. The van der Waals surface area contributed by atoms with Gasteiger partial charge in [0, 0.05) is 18.2 Å². The number of nitrogens with one attached hydrogen (secondary N) is 1. The molecule has 0 aromatic heterocycles. The third-order valence-corrected chi connectivity index (χ3v) is 4.35. The van der Waals surface area contributed by atoms with Gasteiger partial charge in [0.05, 0.1) is 7.11 Å². The molecule has 1 aliphatic heterocycles. The first-order chi connectivity index (χ1) is 10.3. The van der Waals surface area contributed by atoms with Crippen molar-refractivity contribution in [1.29, 1.82) is 0 Å². The first kappa shape index (κ1) is 16.3. The highest BCUT2D eigenvalue weighted by molar-refractivity contribution is 5.36. The minimum atomic E-state index is 0.352. The zero-order valence-corrected chi connectivity index (χ0v) is 13.6. The minimum Gasteiger partial charge on any atom is -0.496 e. The summed E-state index contributed by atoms with van der Waals surface area (Å²) in [5, 5.41) is 3.64. The van der Waals surface area contributed by atoms with Gasteiger partial charge in [-0.25, -0.2) is 0 Å². The molecule has 1 heterocycles. The molecule has 0 amide bonds. The highest BCUT2D eigenvalue weighted by atomic mass is 16.5. The van der Waals surface area contributed by atoms with E-state index < -0.39 is 0 Å². The molecule has 0 radical (unpaired) electrons. The summed E-state index contributed by atoms with van der Waals surface area (Å²) >= 11 is 0. The van der Waals surface area contributed by atoms with Crippen LogP contribution in [0.3, 0.4) is 0 Å². The first-order valence-electron chi connectivity index (χ1n) is 8.43. The van der Waals surface area contributed by atoms with Crippen LogP contribution in [0, 0.1) is 0 Å². The fourth-order valence-electron chi connectivity index (χ4n) is 3.23. The standard InChI is InChI=1S/C18H30N2O/c1-3-19-17(16-11-7-8-12-18(16)21-2)15-20-13-9-5-4-6-10-14-20/h7-8,11-12,17,19H,3-6,9-10,13-15H2,1-2H3. The van der Waals surface area contributed by atoms with Crippen molar-refractivity contribution >= 4 is 0 Å². The number of nitrogens with zero attached hydrogens (tertiary/aromatic N) is 1. The number of rotatable bonds is 6. The van der Waals surface area contributed by atoms with E-state index in [4.69, 9.17) is 4.74 Å². The van der Waals surface area contributed by atoms with Crippen LogP contribution in [0.4, 0.5) is 0 Å².